The Kier molecular flexibility index (Phi) is 3.32. The fourth-order valence-corrected chi connectivity index (χ4v) is 3.14. The van der Waals surface area contributed by atoms with Crippen molar-refractivity contribution in [3.63, 3.8) is 0 Å². The number of pyridine rings is 1. The number of thiophene rings is 1. The molecule has 1 aromatic carbocycles. The molecule has 94 valence electrons. The van der Waals surface area contributed by atoms with Gasteiger partial charge in [-0.2, -0.15) is 0 Å². The number of hydrogen-bond acceptors (Lipinski definition) is 3. The molecular weight excluding hydrogens is 278 g/mol. The summed E-state index contributed by atoms with van der Waals surface area (Å²) in [4.78, 5) is 17.6. The predicted molar refractivity (Wildman–Crippen MR) is 79.1 cm³/mol. The molecule has 0 N–H and O–H groups in total. The van der Waals surface area contributed by atoms with Crippen LogP contribution in [-0.4, -0.2) is 10.8 Å². The van der Waals surface area contributed by atoms with E-state index >= 15 is 0 Å². The maximum absolute atomic E-state index is 12.4. The molecule has 0 spiro atoms. The molecular formula is C15H10ClNOS. The minimum atomic E-state index is 0.0722. The summed E-state index contributed by atoms with van der Waals surface area (Å²) in [5.41, 5.74) is 1.54. The molecule has 0 bridgehead atoms. The maximum atomic E-state index is 12.4. The summed E-state index contributed by atoms with van der Waals surface area (Å²) in [5.74, 6) is 0.0722. The second-order valence-electron chi connectivity index (χ2n) is 4.17. The largest absolute Gasteiger partial charge is 0.294 e. The third kappa shape index (κ3) is 2.39. The summed E-state index contributed by atoms with van der Waals surface area (Å²) in [7, 11) is 0. The average Bonchev–Trinajstić information content (AvgIpc) is 2.83. The Morgan fingerprint density at radius 1 is 1.21 bits per heavy atom. The van der Waals surface area contributed by atoms with E-state index in [-0.39, 0.29) is 5.78 Å². The SMILES string of the molecule is O=C(Cc1sccc1Cl)c1cccc2ncccc12. The van der Waals surface area contributed by atoms with Gasteiger partial charge in [0.1, 0.15) is 0 Å². The summed E-state index contributed by atoms with van der Waals surface area (Å²) in [6, 6.07) is 11.2. The molecule has 3 aromatic rings. The van der Waals surface area contributed by atoms with Crippen LogP contribution in [0.5, 0.6) is 0 Å². The highest BCUT2D eigenvalue weighted by molar-refractivity contribution is 7.10. The van der Waals surface area contributed by atoms with Gasteiger partial charge in [-0.3, -0.25) is 9.78 Å². The lowest BCUT2D eigenvalue weighted by atomic mass is 10.0. The van der Waals surface area contributed by atoms with Crippen LogP contribution >= 0.6 is 22.9 Å². The van der Waals surface area contributed by atoms with Crippen LogP contribution in [0.25, 0.3) is 10.9 Å². The molecule has 0 unspecified atom stereocenters. The molecule has 0 saturated carbocycles. The van der Waals surface area contributed by atoms with Crippen LogP contribution in [0, 0.1) is 0 Å². The molecule has 3 rings (SSSR count). The summed E-state index contributed by atoms with van der Waals surface area (Å²) < 4.78 is 0. The lowest BCUT2D eigenvalue weighted by Gasteiger charge is -2.04. The van der Waals surface area contributed by atoms with E-state index in [1.54, 1.807) is 6.20 Å². The van der Waals surface area contributed by atoms with Gasteiger partial charge in [0, 0.05) is 28.4 Å². The van der Waals surface area contributed by atoms with Crippen molar-refractivity contribution in [2.75, 3.05) is 0 Å². The standard InChI is InChI=1S/C15H10ClNOS/c16-12-6-8-19-15(12)9-14(18)11-3-1-5-13-10(11)4-2-7-17-13/h1-8H,9H2. The summed E-state index contributed by atoms with van der Waals surface area (Å²) in [6.45, 7) is 0. The highest BCUT2D eigenvalue weighted by atomic mass is 35.5. The van der Waals surface area contributed by atoms with Crippen molar-refractivity contribution in [1.82, 2.24) is 4.98 Å². The molecule has 0 amide bonds. The van der Waals surface area contributed by atoms with Crippen molar-refractivity contribution in [3.05, 3.63) is 63.4 Å². The summed E-state index contributed by atoms with van der Waals surface area (Å²) in [5, 5.41) is 3.45. The Morgan fingerprint density at radius 2 is 2.11 bits per heavy atom. The van der Waals surface area contributed by atoms with E-state index in [0.29, 0.717) is 17.0 Å². The molecule has 2 heterocycles. The van der Waals surface area contributed by atoms with Crippen molar-refractivity contribution in [2.24, 2.45) is 0 Å². The first kappa shape index (κ1) is 12.3. The lowest BCUT2D eigenvalue weighted by Crippen LogP contribution is -2.03. The van der Waals surface area contributed by atoms with Gasteiger partial charge in [-0.1, -0.05) is 29.8 Å². The number of fused-ring (bicyclic) bond motifs is 1. The molecule has 0 atom stereocenters. The Hall–Kier alpha value is -1.71. The van der Waals surface area contributed by atoms with Crippen molar-refractivity contribution in [3.8, 4) is 0 Å². The van der Waals surface area contributed by atoms with Gasteiger partial charge >= 0.3 is 0 Å². The Morgan fingerprint density at radius 3 is 2.89 bits per heavy atom. The number of Topliss-reactive ketones (excluding diaryl/α,β-unsaturated/α-hetero) is 1. The molecule has 0 fully saturated rings. The highest BCUT2D eigenvalue weighted by Gasteiger charge is 2.13. The number of benzene rings is 1. The lowest BCUT2D eigenvalue weighted by molar-refractivity contribution is 0.0995. The minimum Gasteiger partial charge on any atom is -0.294 e. The van der Waals surface area contributed by atoms with Gasteiger partial charge in [-0.15, -0.1) is 11.3 Å². The van der Waals surface area contributed by atoms with Crippen LogP contribution in [0.3, 0.4) is 0 Å². The van der Waals surface area contributed by atoms with Crippen LogP contribution in [0.15, 0.2) is 48.0 Å². The van der Waals surface area contributed by atoms with Gasteiger partial charge in [-0.25, -0.2) is 0 Å². The van der Waals surface area contributed by atoms with Gasteiger partial charge in [0.2, 0.25) is 0 Å². The Balaban J connectivity index is 2.00. The van der Waals surface area contributed by atoms with Gasteiger partial charge in [0.05, 0.1) is 10.5 Å². The van der Waals surface area contributed by atoms with Crippen molar-refractivity contribution in [1.29, 1.82) is 0 Å². The second-order valence-corrected chi connectivity index (χ2v) is 5.58. The second kappa shape index (κ2) is 5.11. The van der Waals surface area contributed by atoms with Crippen molar-refractivity contribution >= 4 is 39.6 Å². The first-order valence-corrected chi connectivity index (χ1v) is 7.10. The molecule has 2 aromatic heterocycles. The quantitative estimate of drug-likeness (QED) is 0.669. The number of ketones is 1. The van der Waals surface area contributed by atoms with Crippen LogP contribution in [0.4, 0.5) is 0 Å². The van der Waals surface area contributed by atoms with E-state index in [1.807, 2.05) is 41.8 Å². The number of aromatic nitrogens is 1. The normalized spacial score (nSPS) is 10.8. The van der Waals surface area contributed by atoms with E-state index in [9.17, 15) is 4.79 Å². The molecule has 0 radical (unpaired) electrons. The van der Waals surface area contributed by atoms with Gasteiger partial charge < -0.3 is 0 Å². The average molecular weight is 288 g/mol. The topological polar surface area (TPSA) is 30.0 Å². The fourth-order valence-electron chi connectivity index (χ4n) is 2.04. The van der Waals surface area contributed by atoms with Crippen molar-refractivity contribution in [2.45, 2.75) is 6.42 Å². The first-order chi connectivity index (χ1) is 9.25. The van der Waals surface area contributed by atoms with Crippen LogP contribution < -0.4 is 0 Å². The van der Waals surface area contributed by atoms with Crippen LogP contribution in [-0.2, 0) is 6.42 Å². The van der Waals surface area contributed by atoms with Crippen LogP contribution in [0.1, 0.15) is 15.2 Å². The summed E-state index contributed by atoms with van der Waals surface area (Å²) >= 11 is 7.54. The number of halogens is 1. The molecule has 0 aliphatic carbocycles. The van der Waals surface area contributed by atoms with E-state index in [1.165, 1.54) is 11.3 Å². The molecule has 0 aliphatic heterocycles. The molecule has 0 aliphatic rings. The summed E-state index contributed by atoms with van der Waals surface area (Å²) in [6.07, 6.45) is 2.07. The number of carbonyl (C=O) groups is 1. The zero-order chi connectivity index (χ0) is 13.2. The zero-order valence-corrected chi connectivity index (χ0v) is 11.5. The number of rotatable bonds is 3. The Labute approximate surface area is 119 Å². The monoisotopic (exact) mass is 287 g/mol. The Bertz CT molecular complexity index is 745. The number of nitrogens with zero attached hydrogens (tertiary/aromatic N) is 1. The maximum Gasteiger partial charge on any atom is 0.168 e. The van der Waals surface area contributed by atoms with Gasteiger partial charge in [0.25, 0.3) is 0 Å². The van der Waals surface area contributed by atoms with E-state index in [4.69, 9.17) is 11.6 Å². The highest BCUT2D eigenvalue weighted by Crippen LogP contribution is 2.25. The molecule has 4 heteroatoms. The fraction of sp³-hybridized carbons (Fsp3) is 0.0667. The van der Waals surface area contributed by atoms with Crippen molar-refractivity contribution < 1.29 is 4.79 Å². The third-order valence-electron chi connectivity index (χ3n) is 2.96. The molecule has 0 saturated heterocycles. The first-order valence-electron chi connectivity index (χ1n) is 5.84. The predicted octanol–water partition coefficient (Wildman–Crippen LogP) is 4.38. The molecule has 2 nitrogen and oxygen atoms in total. The van der Waals surface area contributed by atoms with E-state index in [0.717, 1.165) is 15.8 Å². The van der Waals surface area contributed by atoms with Gasteiger partial charge in [-0.05, 0) is 23.6 Å². The van der Waals surface area contributed by atoms with Crippen LogP contribution in [0.2, 0.25) is 5.02 Å². The van der Waals surface area contributed by atoms with E-state index in [2.05, 4.69) is 4.98 Å². The smallest absolute Gasteiger partial charge is 0.168 e. The number of hydrogen-bond donors (Lipinski definition) is 0. The minimum absolute atomic E-state index is 0.0722. The van der Waals surface area contributed by atoms with Gasteiger partial charge in [0.15, 0.2) is 5.78 Å². The number of carbonyl (C=O) groups excluding carboxylic acids is 1. The van der Waals surface area contributed by atoms with E-state index < -0.39 is 0 Å². The molecule has 19 heavy (non-hydrogen) atoms. The zero-order valence-electron chi connectivity index (χ0n) is 9.97. The third-order valence-corrected chi connectivity index (χ3v) is 4.35.